The van der Waals surface area contributed by atoms with E-state index in [2.05, 4.69) is 4.98 Å². The standard InChI is InChI=1S/C21H11F3N2O3S/c22-21(23,24)10-29-11-4-5-16-13(7-11)19(27)14-8-15-12(9-17(14)30-16)20(28)26-6-2-1-3-18(26)25-15/h1-9H,10H2. The van der Waals surface area contributed by atoms with Crippen molar-refractivity contribution in [3.63, 3.8) is 0 Å². The summed E-state index contributed by atoms with van der Waals surface area (Å²) in [4.78, 5) is 30.3. The Kier molecular flexibility index (Phi) is 4.04. The van der Waals surface area contributed by atoms with E-state index in [1.807, 2.05) is 0 Å². The molecule has 0 aliphatic heterocycles. The molecular formula is C21H11F3N2O3S. The quantitative estimate of drug-likeness (QED) is 0.388. The second kappa shape index (κ2) is 6.53. The van der Waals surface area contributed by atoms with Gasteiger partial charge in [-0.25, -0.2) is 4.98 Å². The third-order valence-electron chi connectivity index (χ3n) is 4.68. The van der Waals surface area contributed by atoms with E-state index in [0.717, 1.165) is 0 Å². The summed E-state index contributed by atoms with van der Waals surface area (Å²) >= 11 is 1.27. The zero-order chi connectivity index (χ0) is 21.0. The van der Waals surface area contributed by atoms with Crippen LogP contribution >= 0.6 is 11.3 Å². The van der Waals surface area contributed by atoms with E-state index in [-0.39, 0.29) is 22.1 Å². The molecule has 0 aliphatic rings. The van der Waals surface area contributed by atoms with E-state index in [9.17, 15) is 22.8 Å². The van der Waals surface area contributed by atoms with Crippen molar-refractivity contribution in [1.29, 1.82) is 0 Å². The monoisotopic (exact) mass is 428 g/mol. The van der Waals surface area contributed by atoms with Gasteiger partial charge in [0.2, 0.25) is 0 Å². The molecule has 2 aromatic carbocycles. The Morgan fingerprint density at radius 1 is 0.967 bits per heavy atom. The van der Waals surface area contributed by atoms with Crippen LogP contribution in [0.1, 0.15) is 0 Å². The predicted octanol–water partition coefficient (Wildman–Crippen LogP) is 4.52. The Balaban J connectivity index is 1.75. The number of alkyl halides is 3. The molecule has 3 aromatic heterocycles. The Bertz CT molecular complexity index is 1590. The molecule has 0 unspecified atom stereocenters. The second-order valence-corrected chi connectivity index (χ2v) is 7.79. The minimum absolute atomic E-state index is 0.0355. The van der Waals surface area contributed by atoms with Gasteiger partial charge in [0.25, 0.3) is 5.56 Å². The first-order valence-electron chi connectivity index (χ1n) is 8.81. The number of ether oxygens (including phenoxy) is 1. The van der Waals surface area contributed by atoms with Gasteiger partial charge in [0.1, 0.15) is 11.4 Å². The molecular weight excluding hydrogens is 417 g/mol. The average molecular weight is 428 g/mol. The first-order valence-corrected chi connectivity index (χ1v) is 9.63. The topological polar surface area (TPSA) is 60.7 Å². The molecule has 0 fully saturated rings. The highest BCUT2D eigenvalue weighted by molar-refractivity contribution is 7.24. The number of aromatic nitrogens is 2. The minimum atomic E-state index is -4.47. The van der Waals surface area contributed by atoms with Crippen LogP contribution in [0.25, 0.3) is 36.7 Å². The number of hydrogen-bond acceptors (Lipinski definition) is 5. The molecule has 0 aliphatic carbocycles. The highest BCUT2D eigenvalue weighted by atomic mass is 32.1. The van der Waals surface area contributed by atoms with Gasteiger partial charge in [-0.05, 0) is 42.5 Å². The summed E-state index contributed by atoms with van der Waals surface area (Å²) in [5, 5.41) is 0.982. The summed E-state index contributed by atoms with van der Waals surface area (Å²) in [5.74, 6) is -0.0355. The zero-order valence-electron chi connectivity index (χ0n) is 15.1. The van der Waals surface area contributed by atoms with Crippen LogP contribution in [0.5, 0.6) is 5.75 Å². The third-order valence-corrected chi connectivity index (χ3v) is 5.82. The SMILES string of the molecule is O=c1c2cc(OCC(F)(F)F)ccc2sc2cc3c(=O)n4ccccc4nc3cc12. The molecule has 9 heteroatoms. The Morgan fingerprint density at radius 3 is 2.57 bits per heavy atom. The average Bonchev–Trinajstić information content (AvgIpc) is 2.72. The fraction of sp³-hybridized carbons (Fsp3) is 0.0952. The second-order valence-electron chi connectivity index (χ2n) is 6.70. The van der Waals surface area contributed by atoms with Gasteiger partial charge >= 0.3 is 6.18 Å². The van der Waals surface area contributed by atoms with Crippen LogP contribution in [0.15, 0.2) is 64.3 Å². The van der Waals surface area contributed by atoms with E-state index < -0.39 is 12.8 Å². The van der Waals surface area contributed by atoms with Crippen molar-refractivity contribution in [3.05, 3.63) is 75.3 Å². The normalized spacial score (nSPS) is 12.2. The van der Waals surface area contributed by atoms with Crippen LogP contribution in [0, 0.1) is 0 Å². The van der Waals surface area contributed by atoms with Crippen LogP contribution in [-0.4, -0.2) is 22.2 Å². The van der Waals surface area contributed by atoms with Gasteiger partial charge in [-0.15, -0.1) is 11.3 Å². The van der Waals surface area contributed by atoms with E-state index in [1.54, 1.807) is 42.6 Å². The molecule has 5 aromatic rings. The lowest BCUT2D eigenvalue weighted by molar-refractivity contribution is -0.153. The summed E-state index contributed by atoms with van der Waals surface area (Å²) in [6, 6.07) is 12.6. The van der Waals surface area contributed by atoms with Gasteiger partial charge in [0, 0.05) is 26.4 Å². The van der Waals surface area contributed by atoms with Crippen LogP contribution in [0.4, 0.5) is 13.2 Å². The molecule has 0 saturated carbocycles. The maximum atomic E-state index is 13.1. The lowest BCUT2D eigenvalue weighted by Gasteiger charge is -2.10. The fourth-order valence-electron chi connectivity index (χ4n) is 3.34. The van der Waals surface area contributed by atoms with E-state index in [4.69, 9.17) is 4.74 Å². The smallest absolute Gasteiger partial charge is 0.422 e. The number of halogens is 3. The number of fused-ring (bicyclic) bond motifs is 4. The number of pyridine rings is 1. The Hall–Kier alpha value is -3.46. The molecule has 3 heterocycles. The Labute approximate surface area is 169 Å². The van der Waals surface area contributed by atoms with Gasteiger partial charge in [-0.3, -0.25) is 14.0 Å². The number of hydrogen-bond donors (Lipinski definition) is 0. The van der Waals surface area contributed by atoms with Crippen molar-refractivity contribution in [2.75, 3.05) is 6.61 Å². The van der Waals surface area contributed by atoms with Gasteiger partial charge in [0.15, 0.2) is 12.0 Å². The van der Waals surface area contributed by atoms with Gasteiger partial charge in [-0.2, -0.15) is 13.2 Å². The number of nitrogens with zero attached hydrogens (tertiary/aromatic N) is 2. The molecule has 0 spiro atoms. The molecule has 5 rings (SSSR count). The van der Waals surface area contributed by atoms with Crippen LogP contribution in [-0.2, 0) is 0 Å². The van der Waals surface area contributed by atoms with Crippen LogP contribution in [0.2, 0.25) is 0 Å². The predicted molar refractivity (Wildman–Crippen MR) is 110 cm³/mol. The maximum Gasteiger partial charge on any atom is 0.422 e. The first kappa shape index (κ1) is 18.6. The molecule has 0 N–H and O–H groups in total. The molecule has 0 amide bonds. The van der Waals surface area contributed by atoms with E-state index >= 15 is 0 Å². The van der Waals surface area contributed by atoms with Gasteiger partial charge < -0.3 is 4.74 Å². The molecule has 0 atom stereocenters. The summed E-state index contributed by atoms with van der Waals surface area (Å²) in [6.45, 7) is -1.44. The molecule has 0 radical (unpaired) electrons. The largest absolute Gasteiger partial charge is 0.484 e. The maximum absolute atomic E-state index is 13.1. The highest BCUT2D eigenvalue weighted by Gasteiger charge is 2.28. The van der Waals surface area contributed by atoms with Gasteiger partial charge in [0.05, 0.1) is 10.9 Å². The molecule has 0 saturated heterocycles. The van der Waals surface area contributed by atoms with E-state index in [0.29, 0.717) is 31.3 Å². The number of rotatable bonds is 2. The van der Waals surface area contributed by atoms with Crippen molar-refractivity contribution in [2.24, 2.45) is 0 Å². The molecule has 30 heavy (non-hydrogen) atoms. The summed E-state index contributed by atoms with van der Waals surface area (Å²) in [5.41, 5.74) is 0.238. The van der Waals surface area contributed by atoms with Crippen LogP contribution in [0.3, 0.4) is 0 Å². The first-order chi connectivity index (χ1) is 14.3. The van der Waals surface area contributed by atoms with Gasteiger partial charge in [-0.1, -0.05) is 6.07 Å². The minimum Gasteiger partial charge on any atom is -0.484 e. The Morgan fingerprint density at radius 2 is 1.77 bits per heavy atom. The van der Waals surface area contributed by atoms with Crippen molar-refractivity contribution in [3.8, 4) is 5.75 Å². The fourth-order valence-corrected chi connectivity index (χ4v) is 4.41. The van der Waals surface area contributed by atoms with Crippen molar-refractivity contribution in [1.82, 2.24) is 9.38 Å². The van der Waals surface area contributed by atoms with Crippen molar-refractivity contribution < 1.29 is 17.9 Å². The third kappa shape index (κ3) is 3.07. The highest BCUT2D eigenvalue weighted by Crippen LogP contribution is 2.30. The van der Waals surface area contributed by atoms with Crippen LogP contribution < -0.4 is 15.7 Å². The summed E-state index contributed by atoms with van der Waals surface area (Å²) < 4.78 is 44.6. The zero-order valence-corrected chi connectivity index (χ0v) is 15.9. The summed E-state index contributed by atoms with van der Waals surface area (Å²) in [7, 11) is 0. The van der Waals surface area contributed by atoms with Crippen molar-refractivity contribution >= 4 is 48.1 Å². The molecule has 150 valence electrons. The van der Waals surface area contributed by atoms with E-state index in [1.165, 1.54) is 27.9 Å². The summed E-state index contributed by atoms with van der Waals surface area (Å²) in [6.07, 6.45) is -2.84. The van der Waals surface area contributed by atoms with Crippen molar-refractivity contribution in [2.45, 2.75) is 6.18 Å². The molecule has 0 bridgehead atoms. The lowest BCUT2D eigenvalue weighted by atomic mass is 10.1. The lowest BCUT2D eigenvalue weighted by Crippen LogP contribution is -2.19. The number of benzene rings is 2. The molecule has 5 nitrogen and oxygen atoms in total.